The monoisotopic (exact) mass is 410 g/mol. The van der Waals surface area contributed by atoms with Crippen molar-refractivity contribution in [1.82, 2.24) is 24.2 Å². The first kappa shape index (κ1) is 18.6. The predicted molar refractivity (Wildman–Crippen MR) is 115 cm³/mol. The number of amides is 1. The molecule has 2 fully saturated rings. The number of nitrogens with zero attached hydrogens (tertiary/aromatic N) is 6. The summed E-state index contributed by atoms with van der Waals surface area (Å²) in [6, 6.07) is 6.05. The first-order valence-corrected chi connectivity index (χ1v) is 11.3. The van der Waals surface area contributed by atoms with Crippen molar-refractivity contribution in [2.75, 3.05) is 44.2 Å². The van der Waals surface area contributed by atoms with Crippen molar-refractivity contribution in [3.63, 3.8) is 0 Å². The van der Waals surface area contributed by atoms with Crippen molar-refractivity contribution in [1.29, 1.82) is 0 Å². The summed E-state index contributed by atoms with van der Waals surface area (Å²) in [6.45, 7) is 6.24. The number of rotatable bonds is 4. The third-order valence-corrected chi connectivity index (χ3v) is 6.68. The molecule has 3 aromatic heterocycles. The van der Waals surface area contributed by atoms with Crippen LogP contribution in [0.2, 0.25) is 0 Å². The third-order valence-electron chi connectivity index (χ3n) is 5.93. The molecule has 29 heavy (non-hydrogen) atoms. The van der Waals surface area contributed by atoms with Gasteiger partial charge in [0.15, 0.2) is 10.7 Å². The SMILES string of the molecule is O=C(c1nc2sccn2c1CN1CCN(c2ccccn2)CC1)N1CCCCC1. The van der Waals surface area contributed by atoms with E-state index in [2.05, 4.69) is 25.3 Å². The number of piperidine rings is 1. The van der Waals surface area contributed by atoms with Gasteiger partial charge in [0.25, 0.3) is 5.91 Å². The minimum Gasteiger partial charge on any atom is -0.354 e. The molecule has 0 N–H and O–H groups in total. The van der Waals surface area contributed by atoms with Crippen LogP contribution < -0.4 is 4.90 Å². The zero-order valence-electron chi connectivity index (χ0n) is 16.5. The first-order chi connectivity index (χ1) is 14.3. The van der Waals surface area contributed by atoms with E-state index in [1.165, 1.54) is 6.42 Å². The van der Waals surface area contributed by atoms with Gasteiger partial charge in [-0.1, -0.05) is 6.07 Å². The van der Waals surface area contributed by atoms with Gasteiger partial charge in [0, 0.05) is 63.6 Å². The van der Waals surface area contributed by atoms with Crippen molar-refractivity contribution >= 4 is 28.0 Å². The van der Waals surface area contributed by atoms with Gasteiger partial charge >= 0.3 is 0 Å². The van der Waals surface area contributed by atoms with E-state index < -0.39 is 0 Å². The molecule has 0 bridgehead atoms. The number of anilines is 1. The molecule has 2 aliphatic rings. The zero-order valence-corrected chi connectivity index (χ0v) is 17.4. The molecule has 5 rings (SSSR count). The highest BCUT2D eigenvalue weighted by molar-refractivity contribution is 7.15. The molecule has 0 aromatic carbocycles. The standard InChI is InChI=1S/C21H26N6OS/c28-20(26-8-4-1-5-9-26)19-17(27-14-15-29-21(27)23-19)16-24-10-12-25(13-11-24)18-6-2-3-7-22-18/h2-3,6-7,14-15H,1,4-5,8-13,16H2. The van der Waals surface area contributed by atoms with Gasteiger partial charge in [-0.3, -0.25) is 14.1 Å². The minimum atomic E-state index is 0.0997. The lowest BCUT2D eigenvalue weighted by atomic mass is 10.1. The summed E-state index contributed by atoms with van der Waals surface area (Å²) in [4.78, 5) is 30.0. The molecule has 1 amide bonds. The number of fused-ring (bicyclic) bond motifs is 1. The highest BCUT2D eigenvalue weighted by Gasteiger charge is 2.27. The van der Waals surface area contributed by atoms with E-state index in [-0.39, 0.29) is 5.91 Å². The molecule has 2 saturated heterocycles. The van der Waals surface area contributed by atoms with Gasteiger partial charge in [-0.05, 0) is 31.4 Å². The van der Waals surface area contributed by atoms with Gasteiger partial charge in [0.1, 0.15) is 5.82 Å². The van der Waals surface area contributed by atoms with Crippen LogP contribution in [0.1, 0.15) is 35.4 Å². The summed E-state index contributed by atoms with van der Waals surface area (Å²) in [5.74, 6) is 1.14. The molecule has 0 saturated carbocycles. The van der Waals surface area contributed by atoms with Crippen LogP contribution in [0.3, 0.4) is 0 Å². The summed E-state index contributed by atoms with van der Waals surface area (Å²) in [5, 5.41) is 2.04. The second-order valence-corrected chi connectivity index (χ2v) is 8.64. The van der Waals surface area contributed by atoms with E-state index in [0.717, 1.165) is 75.1 Å². The summed E-state index contributed by atoms with van der Waals surface area (Å²) in [6.07, 6.45) is 7.30. The van der Waals surface area contributed by atoms with Crippen LogP contribution in [-0.4, -0.2) is 69.3 Å². The molecule has 2 aliphatic heterocycles. The number of pyridine rings is 1. The van der Waals surface area contributed by atoms with Crippen molar-refractivity contribution in [3.8, 4) is 0 Å². The third kappa shape index (κ3) is 3.74. The summed E-state index contributed by atoms with van der Waals surface area (Å²) >= 11 is 1.59. The number of aromatic nitrogens is 3. The van der Waals surface area contributed by atoms with E-state index in [9.17, 15) is 4.79 Å². The molecule has 152 valence electrons. The van der Waals surface area contributed by atoms with Crippen molar-refractivity contribution < 1.29 is 4.79 Å². The topological polar surface area (TPSA) is 57.0 Å². The van der Waals surface area contributed by atoms with Crippen LogP contribution in [0.15, 0.2) is 36.0 Å². The van der Waals surface area contributed by atoms with Gasteiger partial charge in [0.05, 0.1) is 5.69 Å². The highest BCUT2D eigenvalue weighted by Crippen LogP contribution is 2.23. The number of carbonyl (C=O) groups is 1. The van der Waals surface area contributed by atoms with Gasteiger partial charge in [-0.15, -0.1) is 11.3 Å². The molecule has 7 nitrogen and oxygen atoms in total. The normalized spacial score (nSPS) is 18.5. The van der Waals surface area contributed by atoms with E-state index in [4.69, 9.17) is 4.98 Å². The van der Waals surface area contributed by atoms with Crippen LogP contribution in [0, 0.1) is 0 Å². The molecule has 3 aromatic rings. The number of thiazole rings is 1. The smallest absolute Gasteiger partial charge is 0.274 e. The molecule has 5 heterocycles. The fourth-order valence-corrected chi connectivity index (χ4v) is 5.02. The number of hydrogen-bond donors (Lipinski definition) is 0. The van der Waals surface area contributed by atoms with Gasteiger partial charge in [0.2, 0.25) is 0 Å². The second kappa shape index (κ2) is 8.12. The molecule has 0 aliphatic carbocycles. The fraction of sp³-hybridized carbons (Fsp3) is 0.476. The Morgan fingerprint density at radius 3 is 2.62 bits per heavy atom. The molecule has 0 atom stereocenters. The number of imidazole rings is 1. The van der Waals surface area contributed by atoms with E-state index >= 15 is 0 Å². The maximum atomic E-state index is 13.2. The highest BCUT2D eigenvalue weighted by atomic mass is 32.1. The maximum absolute atomic E-state index is 13.2. The van der Waals surface area contributed by atoms with Gasteiger partial charge < -0.3 is 9.80 Å². The molecule has 0 spiro atoms. The largest absolute Gasteiger partial charge is 0.354 e. The Morgan fingerprint density at radius 2 is 1.86 bits per heavy atom. The molecule has 0 radical (unpaired) electrons. The Hall–Kier alpha value is -2.45. The molecular formula is C21H26N6OS. The lowest BCUT2D eigenvalue weighted by Gasteiger charge is -2.35. The second-order valence-electron chi connectivity index (χ2n) is 7.77. The number of piperazine rings is 1. The summed E-state index contributed by atoms with van der Waals surface area (Å²) < 4.78 is 2.10. The van der Waals surface area contributed by atoms with Crippen LogP contribution >= 0.6 is 11.3 Å². The lowest BCUT2D eigenvalue weighted by Crippen LogP contribution is -2.46. The van der Waals surface area contributed by atoms with Crippen molar-refractivity contribution in [3.05, 3.63) is 47.4 Å². The molecule has 0 unspecified atom stereocenters. The Labute approximate surface area is 174 Å². The minimum absolute atomic E-state index is 0.0997. The van der Waals surface area contributed by atoms with E-state index in [1.807, 2.05) is 34.8 Å². The Kier molecular flexibility index (Phi) is 5.20. The molecular weight excluding hydrogens is 384 g/mol. The van der Waals surface area contributed by atoms with Crippen LogP contribution in [0.5, 0.6) is 0 Å². The van der Waals surface area contributed by atoms with Crippen molar-refractivity contribution in [2.24, 2.45) is 0 Å². The summed E-state index contributed by atoms with van der Waals surface area (Å²) in [7, 11) is 0. The van der Waals surface area contributed by atoms with Crippen LogP contribution in [0.25, 0.3) is 4.96 Å². The van der Waals surface area contributed by atoms with Crippen molar-refractivity contribution in [2.45, 2.75) is 25.8 Å². The number of likely N-dealkylation sites (tertiary alicyclic amines) is 1. The fourth-order valence-electron chi connectivity index (χ4n) is 4.29. The average Bonchev–Trinajstić information content (AvgIpc) is 3.38. The Morgan fingerprint density at radius 1 is 1.03 bits per heavy atom. The number of carbonyl (C=O) groups excluding carboxylic acids is 1. The quantitative estimate of drug-likeness (QED) is 0.662. The van der Waals surface area contributed by atoms with Crippen LogP contribution in [-0.2, 0) is 6.54 Å². The van der Waals surface area contributed by atoms with Crippen LogP contribution in [0.4, 0.5) is 5.82 Å². The number of hydrogen-bond acceptors (Lipinski definition) is 6. The predicted octanol–water partition coefficient (Wildman–Crippen LogP) is 2.74. The van der Waals surface area contributed by atoms with Gasteiger partial charge in [-0.2, -0.15) is 0 Å². The average molecular weight is 411 g/mol. The molecule has 8 heteroatoms. The Bertz CT molecular complexity index is 970. The first-order valence-electron chi connectivity index (χ1n) is 10.4. The maximum Gasteiger partial charge on any atom is 0.274 e. The van der Waals surface area contributed by atoms with E-state index in [1.54, 1.807) is 11.3 Å². The van der Waals surface area contributed by atoms with E-state index in [0.29, 0.717) is 5.69 Å². The zero-order chi connectivity index (χ0) is 19.6. The van der Waals surface area contributed by atoms with Gasteiger partial charge in [-0.25, -0.2) is 9.97 Å². The Balaban J connectivity index is 1.32. The summed E-state index contributed by atoms with van der Waals surface area (Å²) in [5.41, 5.74) is 1.68. The lowest BCUT2D eigenvalue weighted by molar-refractivity contribution is 0.0716.